The minimum absolute atomic E-state index is 0.0244. The van der Waals surface area contributed by atoms with E-state index in [1.54, 1.807) is 36.9 Å². The maximum absolute atomic E-state index is 13.2. The highest BCUT2D eigenvalue weighted by atomic mass is 16.4. The zero-order chi connectivity index (χ0) is 22.4. The fourth-order valence-electron chi connectivity index (χ4n) is 4.19. The average Bonchev–Trinajstić information content (AvgIpc) is 3.16. The van der Waals surface area contributed by atoms with Gasteiger partial charge >= 0.3 is 5.97 Å². The number of nitrogens with one attached hydrogen (secondary N) is 1. The highest BCUT2D eigenvalue weighted by Crippen LogP contribution is 2.32. The van der Waals surface area contributed by atoms with Crippen LogP contribution in [-0.2, 0) is 13.6 Å². The molecule has 1 unspecified atom stereocenters. The molecular weight excluding hydrogens is 394 g/mol. The molecule has 3 heterocycles. The van der Waals surface area contributed by atoms with Crippen LogP contribution in [0.25, 0.3) is 21.8 Å². The first-order valence-electron chi connectivity index (χ1n) is 10.2. The Morgan fingerprint density at radius 3 is 2.65 bits per heavy atom. The zero-order valence-corrected chi connectivity index (χ0v) is 18.2. The van der Waals surface area contributed by atoms with Crippen LogP contribution in [0.3, 0.4) is 0 Å². The summed E-state index contributed by atoms with van der Waals surface area (Å²) in [6.45, 7) is 8.29. The number of pyridine rings is 2. The lowest BCUT2D eigenvalue weighted by atomic mass is 9.95. The molecule has 8 heteroatoms. The van der Waals surface area contributed by atoms with Gasteiger partial charge in [-0.2, -0.15) is 5.10 Å². The second-order valence-corrected chi connectivity index (χ2v) is 7.86. The van der Waals surface area contributed by atoms with E-state index in [1.807, 2.05) is 37.6 Å². The van der Waals surface area contributed by atoms with Gasteiger partial charge in [0.2, 0.25) is 0 Å². The fraction of sp³-hybridized carbons (Fsp3) is 0.304. The maximum Gasteiger partial charge on any atom is 0.356 e. The van der Waals surface area contributed by atoms with Gasteiger partial charge in [0.15, 0.2) is 5.69 Å². The van der Waals surface area contributed by atoms with Crippen LogP contribution >= 0.6 is 0 Å². The first-order chi connectivity index (χ1) is 14.7. The topological polar surface area (TPSA) is 102 Å². The lowest BCUT2D eigenvalue weighted by Crippen LogP contribution is -2.21. The van der Waals surface area contributed by atoms with E-state index in [1.165, 1.54) is 0 Å². The van der Waals surface area contributed by atoms with Crippen molar-refractivity contribution in [2.45, 2.75) is 40.3 Å². The predicted molar refractivity (Wildman–Crippen MR) is 121 cm³/mol. The SMILES string of the molecule is CCn1ncc2c3c(C(C)Nc4ccc(C)nc4C(=O)O)cc(C)cc3c(=O)n(C)c21. The van der Waals surface area contributed by atoms with Crippen LogP contribution in [0.2, 0.25) is 0 Å². The quantitative estimate of drug-likeness (QED) is 0.510. The summed E-state index contributed by atoms with van der Waals surface area (Å²) in [6.07, 6.45) is 1.79. The van der Waals surface area contributed by atoms with Crippen LogP contribution in [-0.4, -0.2) is 30.4 Å². The third-order valence-electron chi connectivity index (χ3n) is 5.62. The van der Waals surface area contributed by atoms with Gasteiger partial charge in [0.1, 0.15) is 5.65 Å². The van der Waals surface area contributed by atoms with Crippen LogP contribution in [0.4, 0.5) is 5.69 Å². The summed E-state index contributed by atoms with van der Waals surface area (Å²) in [6, 6.07) is 7.15. The van der Waals surface area contributed by atoms with Gasteiger partial charge in [-0.25, -0.2) is 14.5 Å². The molecule has 8 nitrogen and oxygen atoms in total. The number of aromatic nitrogens is 4. The van der Waals surface area contributed by atoms with Gasteiger partial charge in [0.05, 0.1) is 11.9 Å². The van der Waals surface area contributed by atoms with Crippen LogP contribution in [0.15, 0.2) is 35.3 Å². The monoisotopic (exact) mass is 419 g/mol. The molecule has 0 aliphatic rings. The molecule has 31 heavy (non-hydrogen) atoms. The zero-order valence-electron chi connectivity index (χ0n) is 18.2. The third-order valence-corrected chi connectivity index (χ3v) is 5.62. The number of carboxylic acid groups (broad SMARTS) is 1. The highest BCUT2D eigenvalue weighted by molar-refractivity contribution is 6.07. The van der Waals surface area contributed by atoms with E-state index in [0.717, 1.165) is 27.5 Å². The fourth-order valence-corrected chi connectivity index (χ4v) is 4.19. The van der Waals surface area contributed by atoms with Gasteiger partial charge in [-0.3, -0.25) is 9.36 Å². The number of fused-ring (bicyclic) bond motifs is 3. The molecule has 0 radical (unpaired) electrons. The Kier molecular flexibility index (Phi) is 5.00. The Hall–Kier alpha value is -3.68. The minimum atomic E-state index is -1.09. The summed E-state index contributed by atoms with van der Waals surface area (Å²) in [7, 11) is 1.76. The van der Waals surface area contributed by atoms with E-state index in [4.69, 9.17) is 0 Å². The van der Waals surface area contributed by atoms with Crippen molar-refractivity contribution in [1.29, 1.82) is 0 Å². The molecule has 0 aliphatic heterocycles. The summed E-state index contributed by atoms with van der Waals surface area (Å²) in [5, 5.41) is 19.7. The van der Waals surface area contributed by atoms with Gasteiger partial charge in [0.25, 0.3) is 5.56 Å². The van der Waals surface area contributed by atoms with E-state index in [9.17, 15) is 14.7 Å². The molecular formula is C23H25N5O3. The number of rotatable bonds is 5. The third kappa shape index (κ3) is 3.34. The van der Waals surface area contributed by atoms with Crippen molar-refractivity contribution < 1.29 is 9.90 Å². The summed E-state index contributed by atoms with van der Waals surface area (Å²) in [5.41, 5.74) is 3.59. The van der Waals surface area contributed by atoms with Crippen molar-refractivity contribution >= 4 is 33.5 Å². The van der Waals surface area contributed by atoms with Gasteiger partial charge in [-0.1, -0.05) is 6.07 Å². The van der Waals surface area contributed by atoms with Crippen molar-refractivity contribution in [3.8, 4) is 0 Å². The summed E-state index contributed by atoms with van der Waals surface area (Å²) >= 11 is 0. The number of aromatic carboxylic acids is 1. The van der Waals surface area contributed by atoms with Crippen LogP contribution < -0.4 is 10.9 Å². The number of anilines is 1. The second kappa shape index (κ2) is 7.54. The molecule has 2 N–H and O–H groups in total. The number of benzene rings is 1. The van der Waals surface area contributed by atoms with Gasteiger partial charge in [0, 0.05) is 41.5 Å². The van der Waals surface area contributed by atoms with Gasteiger partial charge < -0.3 is 10.4 Å². The summed E-state index contributed by atoms with van der Waals surface area (Å²) < 4.78 is 3.45. The van der Waals surface area contributed by atoms with Gasteiger partial charge in [-0.05, 0) is 57.0 Å². The van der Waals surface area contributed by atoms with Crippen LogP contribution in [0.5, 0.6) is 0 Å². The Balaban J connectivity index is 1.96. The van der Waals surface area contributed by atoms with Crippen molar-refractivity contribution in [3.05, 3.63) is 63.3 Å². The molecule has 0 aliphatic carbocycles. The largest absolute Gasteiger partial charge is 0.476 e. The van der Waals surface area contributed by atoms with Crippen molar-refractivity contribution in [3.63, 3.8) is 0 Å². The molecule has 3 aromatic heterocycles. The first-order valence-corrected chi connectivity index (χ1v) is 10.2. The molecule has 0 bridgehead atoms. The molecule has 0 saturated carbocycles. The summed E-state index contributed by atoms with van der Waals surface area (Å²) in [5.74, 6) is -1.09. The molecule has 4 rings (SSSR count). The van der Waals surface area contributed by atoms with E-state index in [2.05, 4.69) is 15.4 Å². The normalized spacial score (nSPS) is 12.4. The average molecular weight is 419 g/mol. The molecule has 0 fully saturated rings. The van der Waals surface area contributed by atoms with E-state index in [-0.39, 0.29) is 17.3 Å². The molecule has 1 aromatic carbocycles. The summed E-state index contributed by atoms with van der Waals surface area (Å²) in [4.78, 5) is 29.0. The Morgan fingerprint density at radius 1 is 1.23 bits per heavy atom. The number of hydrogen-bond acceptors (Lipinski definition) is 5. The smallest absolute Gasteiger partial charge is 0.356 e. The van der Waals surface area contributed by atoms with Crippen molar-refractivity contribution in [1.82, 2.24) is 19.3 Å². The molecule has 160 valence electrons. The highest BCUT2D eigenvalue weighted by Gasteiger charge is 2.21. The Bertz CT molecular complexity index is 1400. The standard InChI is InChI=1S/C23H25N5O3/c1-6-28-21-17(11-24-28)19-15(9-12(2)10-16(19)22(29)27(21)5)14(4)26-18-8-7-13(3)25-20(18)23(30)31/h7-11,14,26H,6H2,1-5H3,(H,30,31). The van der Waals surface area contributed by atoms with Crippen LogP contribution in [0.1, 0.15) is 47.2 Å². The molecule has 0 spiro atoms. The first kappa shape index (κ1) is 20.6. The lowest BCUT2D eigenvalue weighted by molar-refractivity contribution is 0.0691. The van der Waals surface area contributed by atoms with E-state index >= 15 is 0 Å². The number of carbonyl (C=O) groups is 1. The second-order valence-electron chi connectivity index (χ2n) is 7.86. The number of nitrogens with zero attached hydrogens (tertiary/aromatic N) is 4. The van der Waals surface area contributed by atoms with E-state index in [0.29, 0.717) is 23.3 Å². The van der Waals surface area contributed by atoms with Crippen molar-refractivity contribution in [2.24, 2.45) is 7.05 Å². The van der Waals surface area contributed by atoms with Gasteiger partial charge in [-0.15, -0.1) is 0 Å². The number of carboxylic acids is 1. The van der Waals surface area contributed by atoms with E-state index < -0.39 is 5.97 Å². The number of hydrogen-bond donors (Lipinski definition) is 2. The van der Waals surface area contributed by atoms with Crippen molar-refractivity contribution in [2.75, 3.05) is 5.32 Å². The maximum atomic E-state index is 13.2. The Labute approximate surface area is 179 Å². The molecule has 0 amide bonds. The lowest BCUT2D eigenvalue weighted by Gasteiger charge is -2.20. The minimum Gasteiger partial charge on any atom is -0.476 e. The Morgan fingerprint density at radius 2 is 1.97 bits per heavy atom. The molecule has 0 saturated heterocycles. The molecule has 4 aromatic rings. The number of aryl methyl sites for hydroxylation is 4. The molecule has 1 atom stereocenters. The predicted octanol–water partition coefficient (Wildman–Crippen LogP) is 3.79. The van der Waals surface area contributed by atoms with Crippen LogP contribution in [0, 0.1) is 13.8 Å².